The van der Waals surface area contributed by atoms with E-state index < -0.39 is 0 Å². The fraction of sp³-hybridized carbons (Fsp3) is 0.571. The quantitative estimate of drug-likeness (QED) is 0.766. The summed E-state index contributed by atoms with van der Waals surface area (Å²) in [4.78, 5) is 9.12. The highest BCUT2D eigenvalue weighted by molar-refractivity contribution is 6.16. The number of fused-ring (bicyclic) bond motifs is 1. The van der Waals surface area contributed by atoms with Crippen LogP contribution >= 0.6 is 11.6 Å². The second-order valence-corrected chi connectivity index (χ2v) is 6.14. The fourth-order valence-corrected chi connectivity index (χ4v) is 2.23. The summed E-state index contributed by atoms with van der Waals surface area (Å²) >= 11 is 6.04. The third-order valence-corrected chi connectivity index (χ3v) is 3.85. The van der Waals surface area contributed by atoms with Crippen LogP contribution in [0.4, 0.5) is 0 Å². The van der Waals surface area contributed by atoms with Crippen molar-refractivity contribution < 1.29 is 0 Å². The third kappa shape index (κ3) is 2.12. The van der Waals surface area contributed by atoms with Gasteiger partial charge in [0.15, 0.2) is 5.65 Å². The van der Waals surface area contributed by atoms with Gasteiger partial charge in [-0.05, 0) is 30.9 Å². The molecule has 0 saturated carbocycles. The molecule has 0 saturated heterocycles. The number of aryl methyl sites for hydroxylation is 1. The van der Waals surface area contributed by atoms with Crippen molar-refractivity contribution in [1.82, 2.24) is 14.5 Å². The lowest BCUT2D eigenvalue weighted by Crippen LogP contribution is -2.23. The molecule has 18 heavy (non-hydrogen) atoms. The maximum atomic E-state index is 6.04. The maximum absolute atomic E-state index is 6.04. The Labute approximate surface area is 113 Å². The first-order valence-electron chi connectivity index (χ1n) is 6.24. The minimum absolute atomic E-state index is 0.139. The van der Waals surface area contributed by atoms with Gasteiger partial charge in [0, 0.05) is 12.2 Å². The van der Waals surface area contributed by atoms with Crippen molar-refractivity contribution in [2.75, 3.05) is 0 Å². The van der Waals surface area contributed by atoms with Gasteiger partial charge in [0.05, 0.1) is 5.88 Å². The van der Waals surface area contributed by atoms with Crippen LogP contribution in [0.2, 0.25) is 0 Å². The van der Waals surface area contributed by atoms with Gasteiger partial charge in [-0.25, -0.2) is 9.97 Å². The Balaban J connectivity index is 2.72. The first-order valence-corrected chi connectivity index (χ1v) is 6.78. The summed E-state index contributed by atoms with van der Waals surface area (Å²) in [6.45, 7) is 10.9. The van der Waals surface area contributed by atoms with E-state index in [1.807, 2.05) is 12.3 Å². The molecule has 2 aromatic rings. The molecule has 4 heteroatoms. The number of pyridine rings is 1. The average Bonchev–Trinajstić information content (AvgIpc) is 2.66. The molecule has 0 fully saturated rings. The van der Waals surface area contributed by atoms with E-state index in [0.717, 1.165) is 22.6 Å². The molecule has 98 valence electrons. The molecule has 2 heterocycles. The summed E-state index contributed by atoms with van der Waals surface area (Å²) in [7, 11) is 0. The molecule has 0 amide bonds. The molecular weight excluding hydrogens is 246 g/mol. The van der Waals surface area contributed by atoms with Crippen molar-refractivity contribution >= 4 is 22.8 Å². The van der Waals surface area contributed by atoms with Gasteiger partial charge in [0.1, 0.15) is 11.3 Å². The summed E-state index contributed by atoms with van der Waals surface area (Å²) in [5.74, 6) is 1.31. The van der Waals surface area contributed by atoms with Crippen LogP contribution in [0.1, 0.15) is 45.1 Å². The molecule has 0 aliphatic rings. The van der Waals surface area contributed by atoms with Gasteiger partial charge in [-0.15, -0.1) is 11.6 Å². The highest BCUT2D eigenvalue weighted by Crippen LogP contribution is 2.34. The van der Waals surface area contributed by atoms with E-state index in [4.69, 9.17) is 11.6 Å². The maximum Gasteiger partial charge on any atom is 0.160 e. The molecule has 2 rings (SSSR count). The van der Waals surface area contributed by atoms with Crippen LogP contribution in [-0.4, -0.2) is 14.5 Å². The van der Waals surface area contributed by atoms with Gasteiger partial charge in [0.2, 0.25) is 0 Å². The van der Waals surface area contributed by atoms with Crippen molar-refractivity contribution in [3.63, 3.8) is 0 Å². The largest absolute Gasteiger partial charge is 0.308 e. The van der Waals surface area contributed by atoms with E-state index in [1.165, 1.54) is 0 Å². The van der Waals surface area contributed by atoms with Crippen LogP contribution in [0.5, 0.6) is 0 Å². The van der Waals surface area contributed by atoms with Crippen LogP contribution in [0.3, 0.4) is 0 Å². The SMILES string of the molecule is Cc1ccnc2c1nc(CCl)n2C(C)C(C)(C)C. The summed E-state index contributed by atoms with van der Waals surface area (Å²) in [5, 5.41) is 0. The van der Waals surface area contributed by atoms with Gasteiger partial charge in [-0.2, -0.15) is 0 Å². The Morgan fingerprint density at radius 1 is 1.39 bits per heavy atom. The molecule has 2 aromatic heterocycles. The van der Waals surface area contributed by atoms with E-state index in [9.17, 15) is 0 Å². The van der Waals surface area contributed by atoms with E-state index >= 15 is 0 Å². The summed E-state index contributed by atoms with van der Waals surface area (Å²) < 4.78 is 2.18. The standard InChI is InChI=1S/C14H20ClN3/c1-9-6-7-16-13-12(9)17-11(8-15)18(13)10(2)14(3,4)5/h6-7,10H,8H2,1-5H3. The monoisotopic (exact) mass is 265 g/mol. The number of hydrogen-bond donors (Lipinski definition) is 0. The van der Waals surface area contributed by atoms with Gasteiger partial charge in [0.25, 0.3) is 0 Å². The highest BCUT2D eigenvalue weighted by atomic mass is 35.5. The van der Waals surface area contributed by atoms with Crippen LogP contribution in [0, 0.1) is 12.3 Å². The van der Waals surface area contributed by atoms with E-state index in [0.29, 0.717) is 11.9 Å². The molecule has 0 aromatic carbocycles. The molecule has 1 atom stereocenters. The molecule has 0 radical (unpaired) electrons. The Kier molecular flexibility index (Phi) is 3.37. The number of nitrogens with zero attached hydrogens (tertiary/aromatic N) is 3. The van der Waals surface area contributed by atoms with Crippen molar-refractivity contribution in [1.29, 1.82) is 0 Å². The molecule has 0 bridgehead atoms. The Hall–Kier alpha value is -1.09. The lowest BCUT2D eigenvalue weighted by Gasteiger charge is -2.29. The summed E-state index contributed by atoms with van der Waals surface area (Å²) in [6, 6.07) is 2.28. The van der Waals surface area contributed by atoms with Crippen molar-refractivity contribution in [2.45, 2.75) is 46.5 Å². The number of halogens is 1. The zero-order chi connectivity index (χ0) is 13.5. The van der Waals surface area contributed by atoms with E-state index in [2.05, 4.69) is 49.2 Å². The smallest absolute Gasteiger partial charge is 0.160 e. The fourth-order valence-electron chi connectivity index (χ4n) is 2.04. The second-order valence-electron chi connectivity index (χ2n) is 5.87. The minimum atomic E-state index is 0.139. The molecule has 0 aliphatic heterocycles. The number of imidazole rings is 1. The van der Waals surface area contributed by atoms with Crippen LogP contribution in [0.25, 0.3) is 11.2 Å². The summed E-state index contributed by atoms with van der Waals surface area (Å²) in [6.07, 6.45) is 1.84. The van der Waals surface area contributed by atoms with Crippen molar-refractivity contribution in [2.24, 2.45) is 5.41 Å². The molecule has 0 N–H and O–H groups in total. The lowest BCUT2D eigenvalue weighted by molar-refractivity contribution is 0.263. The topological polar surface area (TPSA) is 30.7 Å². The number of hydrogen-bond acceptors (Lipinski definition) is 2. The highest BCUT2D eigenvalue weighted by Gasteiger charge is 2.26. The van der Waals surface area contributed by atoms with Crippen molar-refractivity contribution in [3.8, 4) is 0 Å². The van der Waals surface area contributed by atoms with Gasteiger partial charge < -0.3 is 4.57 Å². The predicted octanol–water partition coefficient (Wildman–Crippen LogP) is 4.09. The van der Waals surface area contributed by atoms with Crippen molar-refractivity contribution in [3.05, 3.63) is 23.7 Å². The number of aromatic nitrogens is 3. The van der Waals surface area contributed by atoms with Gasteiger partial charge in [-0.3, -0.25) is 0 Å². The third-order valence-electron chi connectivity index (χ3n) is 3.61. The first kappa shape index (κ1) is 13.3. The van der Waals surface area contributed by atoms with Gasteiger partial charge >= 0.3 is 0 Å². The Bertz CT molecular complexity index is 566. The zero-order valence-corrected chi connectivity index (χ0v) is 12.4. The molecule has 0 aliphatic carbocycles. The second kappa shape index (κ2) is 4.54. The molecule has 1 unspecified atom stereocenters. The van der Waals surface area contributed by atoms with Gasteiger partial charge in [-0.1, -0.05) is 20.8 Å². The normalized spacial score (nSPS) is 14.1. The molecular formula is C14H20ClN3. The van der Waals surface area contributed by atoms with Crippen LogP contribution < -0.4 is 0 Å². The number of alkyl halides is 1. The zero-order valence-electron chi connectivity index (χ0n) is 11.7. The average molecular weight is 266 g/mol. The Morgan fingerprint density at radius 3 is 2.61 bits per heavy atom. The van der Waals surface area contributed by atoms with E-state index in [1.54, 1.807) is 0 Å². The Morgan fingerprint density at radius 2 is 2.06 bits per heavy atom. The first-order chi connectivity index (χ1) is 8.36. The van der Waals surface area contributed by atoms with Crippen LogP contribution in [0.15, 0.2) is 12.3 Å². The molecule has 0 spiro atoms. The summed E-state index contributed by atoms with van der Waals surface area (Å²) in [5.41, 5.74) is 3.18. The van der Waals surface area contributed by atoms with E-state index in [-0.39, 0.29) is 5.41 Å². The minimum Gasteiger partial charge on any atom is -0.308 e. The predicted molar refractivity (Wildman–Crippen MR) is 76.0 cm³/mol. The number of rotatable bonds is 2. The molecule has 3 nitrogen and oxygen atoms in total. The van der Waals surface area contributed by atoms with Crippen LogP contribution in [-0.2, 0) is 5.88 Å². The lowest BCUT2D eigenvalue weighted by atomic mass is 9.88.